The van der Waals surface area contributed by atoms with E-state index in [-0.39, 0.29) is 22.9 Å². The lowest BCUT2D eigenvalue weighted by molar-refractivity contribution is 0.0902. The second-order valence-corrected chi connectivity index (χ2v) is 3.99. The molecule has 2 rings (SSSR count). The van der Waals surface area contributed by atoms with Gasteiger partial charge in [-0.25, -0.2) is 0 Å². The minimum absolute atomic E-state index is 0.190. The quantitative estimate of drug-likeness (QED) is 0.805. The van der Waals surface area contributed by atoms with E-state index in [2.05, 4.69) is 10.6 Å². The van der Waals surface area contributed by atoms with Gasteiger partial charge in [0.2, 0.25) is 0 Å². The molecule has 0 unspecified atom stereocenters. The van der Waals surface area contributed by atoms with Crippen LogP contribution in [0.15, 0.2) is 16.5 Å². The Balaban J connectivity index is 1.91. The van der Waals surface area contributed by atoms with Crippen molar-refractivity contribution >= 4 is 17.5 Å². The van der Waals surface area contributed by atoms with Crippen molar-refractivity contribution in [2.75, 3.05) is 13.1 Å². The summed E-state index contributed by atoms with van der Waals surface area (Å²) in [6.07, 6.45) is 2.09. The first kappa shape index (κ1) is 10.5. The molecule has 1 amide bonds. The van der Waals surface area contributed by atoms with Gasteiger partial charge in [0.25, 0.3) is 5.91 Å². The number of hydrogen-bond donors (Lipinski definition) is 2. The summed E-state index contributed by atoms with van der Waals surface area (Å²) in [6, 6.07) is 3.33. The number of hydrogen-bond acceptors (Lipinski definition) is 3. The van der Waals surface area contributed by atoms with Gasteiger partial charge >= 0.3 is 0 Å². The van der Waals surface area contributed by atoms with Crippen LogP contribution in [0.3, 0.4) is 0 Å². The minimum atomic E-state index is -0.199. The first-order valence-corrected chi connectivity index (χ1v) is 5.40. The molecule has 0 radical (unpaired) electrons. The van der Waals surface area contributed by atoms with Crippen LogP contribution < -0.4 is 10.6 Å². The highest BCUT2D eigenvalue weighted by atomic mass is 35.5. The molecule has 5 heteroatoms. The van der Waals surface area contributed by atoms with E-state index >= 15 is 0 Å². The number of rotatable bonds is 2. The molecule has 2 heterocycles. The van der Waals surface area contributed by atoms with E-state index < -0.39 is 0 Å². The van der Waals surface area contributed by atoms with Crippen LogP contribution in [0.25, 0.3) is 0 Å². The fourth-order valence-corrected chi connectivity index (χ4v) is 1.81. The lowest BCUT2D eigenvalue weighted by Gasteiger charge is -2.23. The SMILES string of the molecule is O=C(N[C@@H]1CCCNC1)c1ccc(Cl)o1. The maximum absolute atomic E-state index is 11.6. The first-order chi connectivity index (χ1) is 7.25. The summed E-state index contributed by atoms with van der Waals surface area (Å²) >= 11 is 5.59. The topological polar surface area (TPSA) is 54.3 Å². The highest BCUT2D eigenvalue weighted by Crippen LogP contribution is 2.13. The molecule has 1 aromatic heterocycles. The Kier molecular flexibility index (Phi) is 3.28. The van der Waals surface area contributed by atoms with Crippen molar-refractivity contribution in [1.82, 2.24) is 10.6 Å². The molecule has 15 heavy (non-hydrogen) atoms. The standard InChI is InChI=1S/C10H13ClN2O2/c11-9-4-3-8(15-9)10(14)13-7-2-1-5-12-6-7/h3-4,7,12H,1-2,5-6H2,(H,13,14)/t7-/m1/s1. The van der Waals surface area contributed by atoms with E-state index in [4.69, 9.17) is 16.0 Å². The smallest absolute Gasteiger partial charge is 0.287 e. The fourth-order valence-electron chi connectivity index (χ4n) is 1.67. The number of furan rings is 1. The van der Waals surface area contributed by atoms with Gasteiger partial charge in [0.1, 0.15) is 0 Å². The van der Waals surface area contributed by atoms with Crippen molar-refractivity contribution in [1.29, 1.82) is 0 Å². The van der Waals surface area contributed by atoms with Gasteiger partial charge in [-0.2, -0.15) is 0 Å². The number of carbonyl (C=O) groups is 1. The third kappa shape index (κ3) is 2.73. The Morgan fingerprint density at radius 2 is 2.47 bits per heavy atom. The van der Waals surface area contributed by atoms with E-state index in [0.29, 0.717) is 0 Å². The van der Waals surface area contributed by atoms with Crippen LogP contribution >= 0.6 is 11.6 Å². The number of piperidine rings is 1. The van der Waals surface area contributed by atoms with Gasteiger partial charge in [-0.1, -0.05) is 0 Å². The predicted molar refractivity (Wildman–Crippen MR) is 57.1 cm³/mol. The van der Waals surface area contributed by atoms with Crippen LogP contribution in [0.5, 0.6) is 0 Å². The number of halogens is 1. The number of carbonyl (C=O) groups excluding carboxylic acids is 1. The first-order valence-electron chi connectivity index (χ1n) is 5.02. The molecule has 0 bridgehead atoms. The molecule has 0 spiro atoms. The lowest BCUT2D eigenvalue weighted by Crippen LogP contribution is -2.45. The van der Waals surface area contributed by atoms with Crippen molar-refractivity contribution in [2.24, 2.45) is 0 Å². The highest BCUT2D eigenvalue weighted by Gasteiger charge is 2.18. The van der Waals surface area contributed by atoms with Crippen molar-refractivity contribution < 1.29 is 9.21 Å². The Morgan fingerprint density at radius 1 is 1.60 bits per heavy atom. The second-order valence-electron chi connectivity index (χ2n) is 3.62. The zero-order chi connectivity index (χ0) is 10.7. The van der Waals surface area contributed by atoms with Crippen molar-refractivity contribution in [3.8, 4) is 0 Å². The third-order valence-corrected chi connectivity index (χ3v) is 2.63. The monoisotopic (exact) mass is 228 g/mol. The largest absolute Gasteiger partial charge is 0.440 e. The van der Waals surface area contributed by atoms with Gasteiger partial charge in [-0.15, -0.1) is 0 Å². The molecule has 0 aliphatic carbocycles. The third-order valence-electron chi connectivity index (χ3n) is 2.43. The summed E-state index contributed by atoms with van der Waals surface area (Å²) in [5.74, 6) is 0.0705. The molecule has 2 N–H and O–H groups in total. The van der Waals surface area contributed by atoms with Crippen molar-refractivity contribution in [3.63, 3.8) is 0 Å². The normalized spacial score (nSPS) is 21.3. The summed E-state index contributed by atoms with van der Waals surface area (Å²) in [4.78, 5) is 11.6. The highest BCUT2D eigenvalue weighted by molar-refractivity contribution is 6.29. The number of amides is 1. The Bertz CT molecular complexity index is 345. The number of nitrogens with one attached hydrogen (secondary N) is 2. The van der Waals surface area contributed by atoms with Gasteiger partial charge < -0.3 is 15.1 Å². The average molecular weight is 229 g/mol. The van der Waals surface area contributed by atoms with Crippen LogP contribution in [-0.2, 0) is 0 Å². The Labute approximate surface area is 93.0 Å². The van der Waals surface area contributed by atoms with Gasteiger partial charge in [-0.05, 0) is 43.1 Å². The Hall–Kier alpha value is -1.00. The summed E-state index contributed by atoms with van der Waals surface area (Å²) < 4.78 is 5.02. The van der Waals surface area contributed by atoms with Crippen LogP contribution in [0, 0.1) is 0 Å². The molecule has 1 fully saturated rings. The van der Waals surface area contributed by atoms with E-state index in [1.807, 2.05) is 0 Å². The average Bonchev–Trinajstić information content (AvgIpc) is 2.66. The van der Waals surface area contributed by atoms with E-state index in [1.54, 1.807) is 12.1 Å². The maximum Gasteiger partial charge on any atom is 0.287 e. The lowest BCUT2D eigenvalue weighted by atomic mass is 10.1. The van der Waals surface area contributed by atoms with Crippen molar-refractivity contribution in [2.45, 2.75) is 18.9 Å². The molecule has 1 aliphatic heterocycles. The second kappa shape index (κ2) is 4.68. The maximum atomic E-state index is 11.6. The summed E-state index contributed by atoms with van der Waals surface area (Å²) in [5.41, 5.74) is 0. The molecular weight excluding hydrogens is 216 g/mol. The predicted octanol–water partition coefficient (Wildman–Crippen LogP) is 1.41. The zero-order valence-corrected chi connectivity index (χ0v) is 9.01. The van der Waals surface area contributed by atoms with Gasteiger partial charge in [0.15, 0.2) is 11.0 Å². The van der Waals surface area contributed by atoms with Gasteiger partial charge in [0.05, 0.1) is 0 Å². The molecule has 1 atom stereocenters. The zero-order valence-electron chi connectivity index (χ0n) is 8.25. The molecule has 1 aromatic rings. The summed E-state index contributed by atoms with van der Waals surface area (Å²) in [7, 11) is 0. The van der Waals surface area contributed by atoms with Crippen molar-refractivity contribution in [3.05, 3.63) is 23.1 Å². The molecule has 0 saturated carbocycles. The molecule has 0 aromatic carbocycles. The van der Waals surface area contributed by atoms with Gasteiger partial charge in [-0.3, -0.25) is 4.79 Å². The van der Waals surface area contributed by atoms with Crippen LogP contribution in [0.4, 0.5) is 0 Å². The van der Waals surface area contributed by atoms with E-state index in [1.165, 1.54) is 0 Å². The van der Waals surface area contributed by atoms with Gasteiger partial charge in [0, 0.05) is 12.6 Å². The minimum Gasteiger partial charge on any atom is -0.440 e. The molecular formula is C10H13ClN2O2. The molecule has 4 nitrogen and oxygen atoms in total. The molecule has 1 aliphatic rings. The summed E-state index contributed by atoms with van der Waals surface area (Å²) in [5, 5.41) is 6.36. The molecule has 82 valence electrons. The fraction of sp³-hybridized carbons (Fsp3) is 0.500. The van der Waals surface area contributed by atoms with Crippen LogP contribution in [-0.4, -0.2) is 25.0 Å². The molecule has 1 saturated heterocycles. The van der Waals surface area contributed by atoms with E-state index in [0.717, 1.165) is 25.9 Å². The van der Waals surface area contributed by atoms with Crippen LogP contribution in [0.2, 0.25) is 5.22 Å². The van der Waals surface area contributed by atoms with E-state index in [9.17, 15) is 4.79 Å². The van der Waals surface area contributed by atoms with Crippen LogP contribution in [0.1, 0.15) is 23.4 Å². The summed E-state index contributed by atoms with van der Waals surface area (Å²) in [6.45, 7) is 1.85. The Morgan fingerprint density at radius 3 is 3.07 bits per heavy atom.